The monoisotopic (exact) mass is 306 g/mol. The van der Waals surface area contributed by atoms with Gasteiger partial charge in [0, 0.05) is 18.3 Å². The molecule has 2 nitrogen and oxygen atoms in total. The number of nitrogens with zero attached hydrogens (tertiary/aromatic N) is 1. The van der Waals surface area contributed by atoms with Crippen LogP contribution in [0.1, 0.15) is 65.7 Å². The predicted molar refractivity (Wildman–Crippen MR) is 91.8 cm³/mol. The number of hydrogen-bond donors (Lipinski definition) is 1. The number of fused-ring (bicyclic) bond motifs is 2. The number of rotatable bonds is 1. The van der Waals surface area contributed by atoms with E-state index in [4.69, 9.17) is 4.99 Å². The molecule has 0 amide bonds. The normalized spacial score (nSPS) is 43.3. The van der Waals surface area contributed by atoms with Crippen LogP contribution in [0.4, 0.5) is 0 Å². The van der Waals surface area contributed by atoms with Gasteiger partial charge in [-0.05, 0) is 54.3 Å². The van der Waals surface area contributed by atoms with Crippen LogP contribution in [0.2, 0.25) is 0 Å². The van der Waals surface area contributed by atoms with Crippen molar-refractivity contribution in [3.63, 3.8) is 0 Å². The first-order valence-electron chi connectivity index (χ1n) is 8.88. The highest BCUT2D eigenvalue weighted by Gasteiger charge is 2.59. The summed E-state index contributed by atoms with van der Waals surface area (Å²) in [6.45, 7) is 8.54. The lowest BCUT2D eigenvalue weighted by atomic mass is 9.68. The van der Waals surface area contributed by atoms with Crippen LogP contribution in [0.15, 0.2) is 4.99 Å². The van der Waals surface area contributed by atoms with Crippen molar-refractivity contribution < 1.29 is 0 Å². The van der Waals surface area contributed by atoms with E-state index in [9.17, 15) is 0 Å². The second-order valence-corrected chi connectivity index (χ2v) is 10.1. The quantitative estimate of drug-likeness (QED) is 0.774. The van der Waals surface area contributed by atoms with Crippen LogP contribution in [0, 0.1) is 22.2 Å². The third-order valence-electron chi connectivity index (χ3n) is 7.27. The Labute approximate surface area is 133 Å². The highest BCUT2D eigenvalue weighted by Crippen LogP contribution is 2.62. The van der Waals surface area contributed by atoms with Crippen molar-refractivity contribution in [1.82, 2.24) is 5.32 Å². The minimum absolute atomic E-state index is 0.429. The van der Waals surface area contributed by atoms with E-state index in [1.807, 2.05) is 11.8 Å². The molecule has 3 unspecified atom stereocenters. The lowest BCUT2D eigenvalue weighted by Crippen LogP contribution is -2.52. The molecule has 1 aliphatic heterocycles. The van der Waals surface area contributed by atoms with E-state index >= 15 is 0 Å². The van der Waals surface area contributed by atoms with Crippen molar-refractivity contribution in [1.29, 1.82) is 0 Å². The predicted octanol–water partition coefficient (Wildman–Crippen LogP) is 4.45. The Morgan fingerprint density at radius 3 is 2.48 bits per heavy atom. The molecular formula is C18H30N2S. The van der Waals surface area contributed by atoms with Crippen molar-refractivity contribution in [3.8, 4) is 0 Å². The topological polar surface area (TPSA) is 24.4 Å². The Balaban J connectivity index is 1.48. The van der Waals surface area contributed by atoms with Gasteiger partial charge in [-0.1, -0.05) is 45.4 Å². The Bertz CT molecular complexity index is 459. The molecule has 3 aliphatic carbocycles. The molecule has 21 heavy (non-hydrogen) atoms. The molecule has 0 aromatic rings. The van der Waals surface area contributed by atoms with E-state index in [1.165, 1.54) is 55.9 Å². The molecule has 0 aromatic carbocycles. The first kappa shape index (κ1) is 14.4. The third-order valence-corrected chi connectivity index (χ3v) is 8.55. The second-order valence-electron chi connectivity index (χ2n) is 9.11. The van der Waals surface area contributed by atoms with Gasteiger partial charge >= 0.3 is 0 Å². The molecule has 4 rings (SSSR count). The van der Waals surface area contributed by atoms with E-state index in [-0.39, 0.29) is 0 Å². The van der Waals surface area contributed by atoms with Crippen molar-refractivity contribution in [2.75, 3.05) is 12.3 Å². The van der Waals surface area contributed by atoms with E-state index < -0.39 is 0 Å². The van der Waals surface area contributed by atoms with Crippen molar-refractivity contribution in [2.24, 2.45) is 27.2 Å². The van der Waals surface area contributed by atoms with Gasteiger partial charge < -0.3 is 5.32 Å². The highest BCUT2D eigenvalue weighted by atomic mass is 32.2. The molecule has 3 saturated carbocycles. The lowest BCUT2D eigenvalue weighted by molar-refractivity contribution is 0.125. The summed E-state index contributed by atoms with van der Waals surface area (Å²) in [6, 6.07) is 0.618. The van der Waals surface area contributed by atoms with E-state index in [1.54, 1.807) is 0 Å². The molecular weight excluding hydrogens is 276 g/mol. The molecule has 4 aliphatic rings. The van der Waals surface area contributed by atoms with Crippen LogP contribution >= 0.6 is 11.8 Å². The molecule has 2 bridgehead atoms. The fourth-order valence-electron chi connectivity index (χ4n) is 5.85. The zero-order chi connectivity index (χ0) is 14.7. The molecule has 1 N–H and O–H groups in total. The summed E-state index contributed by atoms with van der Waals surface area (Å²) in [5.74, 6) is 2.21. The molecule has 1 spiro atoms. The standard InChI is InChI=1S/C18H30N2S/c1-16(2)13-6-9-17(3,10-13)14(16)20-15-19-11-18(12-21-15)7-4-5-8-18/h13-14H,4-12H2,1-3H3,(H,19,20). The number of amidine groups is 1. The minimum Gasteiger partial charge on any atom is -0.361 e. The Kier molecular flexibility index (Phi) is 3.20. The summed E-state index contributed by atoms with van der Waals surface area (Å²) >= 11 is 2.01. The number of nitrogens with one attached hydrogen (secondary N) is 1. The summed E-state index contributed by atoms with van der Waals surface area (Å²) in [4.78, 5) is 4.98. The van der Waals surface area contributed by atoms with Crippen LogP contribution in [0.25, 0.3) is 0 Å². The van der Waals surface area contributed by atoms with Crippen molar-refractivity contribution in [2.45, 2.75) is 71.8 Å². The first-order valence-corrected chi connectivity index (χ1v) is 9.86. The maximum Gasteiger partial charge on any atom is 0.156 e. The fraction of sp³-hybridized carbons (Fsp3) is 0.944. The van der Waals surface area contributed by atoms with Crippen LogP contribution in [0.3, 0.4) is 0 Å². The van der Waals surface area contributed by atoms with E-state index in [2.05, 4.69) is 26.1 Å². The summed E-state index contributed by atoms with van der Waals surface area (Å²) in [7, 11) is 0. The summed E-state index contributed by atoms with van der Waals surface area (Å²) in [5.41, 5.74) is 1.49. The molecule has 3 fully saturated rings. The van der Waals surface area contributed by atoms with Crippen molar-refractivity contribution >= 4 is 16.9 Å². The Hall–Kier alpha value is -0.180. The summed E-state index contributed by atoms with van der Waals surface area (Å²) in [6.07, 6.45) is 9.92. The fourth-order valence-corrected chi connectivity index (χ4v) is 7.03. The smallest absolute Gasteiger partial charge is 0.156 e. The number of hydrogen-bond acceptors (Lipinski definition) is 3. The SMILES string of the molecule is CC12CCC(C1)C(C)(C)C2NC1=NCC2(CCCC2)CS1. The van der Waals surface area contributed by atoms with Crippen molar-refractivity contribution in [3.05, 3.63) is 0 Å². The van der Waals surface area contributed by atoms with Gasteiger partial charge in [-0.3, -0.25) is 4.99 Å². The molecule has 118 valence electrons. The van der Waals surface area contributed by atoms with Crippen LogP contribution in [-0.2, 0) is 0 Å². The van der Waals surface area contributed by atoms with E-state index in [0.717, 1.165) is 12.5 Å². The van der Waals surface area contributed by atoms with Gasteiger partial charge in [-0.2, -0.15) is 0 Å². The first-order chi connectivity index (χ1) is 9.94. The summed E-state index contributed by atoms with van der Waals surface area (Å²) in [5, 5.41) is 5.15. The Morgan fingerprint density at radius 1 is 1.14 bits per heavy atom. The van der Waals surface area contributed by atoms with Gasteiger partial charge in [0.15, 0.2) is 5.17 Å². The highest BCUT2D eigenvalue weighted by molar-refractivity contribution is 8.13. The third kappa shape index (κ3) is 2.17. The van der Waals surface area contributed by atoms with E-state index in [0.29, 0.717) is 22.3 Å². The molecule has 1 heterocycles. The zero-order valence-corrected chi connectivity index (χ0v) is 14.7. The maximum absolute atomic E-state index is 4.98. The van der Waals surface area contributed by atoms with Crippen LogP contribution in [-0.4, -0.2) is 23.5 Å². The Morgan fingerprint density at radius 2 is 1.90 bits per heavy atom. The molecule has 0 saturated heterocycles. The van der Waals surface area contributed by atoms with Gasteiger partial charge in [0.1, 0.15) is 0 Å². The van der Waals surface area contributed by atoms with Gasteiger partial charge in [0.2, 0.25) is 0 Å². The number of aliphatic imine (C=N–C) groups is 1. The molecule has 3 heteroatoms. The second kappa shape index (κ2) is 4.66. The minimum atomic E-state index is 0.429. The average molecular weight is 307 g/mol. The van der Waals surface area contributed by atoms with Gasteiger partial charge in [0.05, 0.1) is 0 Å². The lowest BCUT2D eigenvalue weighted by Gasteiger charge is -2.44. The van der Waals surface area contributed by atoms with Crippen LogP contribution < -0.4 is 5.32 Å². The maximum atomic E-state index is 4.98. The summed E-state index contributed by atoms with van der Waals surface area (Å²) < 4.78 is 0. The van der Waals surface area contributed by atoms with Gasteiger partial charge in [-0.15, -0.1) is 0 Å². The average Bonchev–Trinajstić information content (AvgIpc) is 3.09. The zero-order valence-electron chi connectivity index (χ0n) is 13.9. The van der Waals surface area contributed by atoms with Crippen LogP contribution in [0.5, 0.6) is 0 Å². The van der Waals surface area contributed by atoms with Gasteiger partial charge in [0.25, 0.3) is 0 Å². The molecule has 3 atom stereocenters. The largest absolute Gasteiger partial charge is 0.361 e. The van der Waals surface area contributed by atoms with Gasteiger partial charge in [-0.25, -0.2) is 0 Å². The molecule has 0 aromatic heterocycles. The number of thioether (sulfide) groups is 1. The molecule has 0 radical (unpaired) electrons.